The van der Waals surface area contributed by atoms with E-state index in [0.717, 1.165) is 25.3 Å². The van der Waals surface area contributed by atoms with E-state index < -0.39 is 0 Å². The van der Waals surface area contributed by atoms with E-state index in [1.165, 1.54) is 6.07 Å². The Hall–Kier alpha value is -1.09. The minimum atomic E-state index is -0.169. The van der Waals surface area contributed by atoms with Crippen LogP contribution in [-0.4, -0.2) is 26.7 Å². The summed E-state index contributed by atoms with van der Waals surface area (Å²) >= 11 is 0. The number of nitrogens with zero attached hydrogens (tertiary/aromatic N) is 1. The fourth-order valence-corrected chi connectivity index (χ4v) is 1.88. The first-order valence-electron chi connectivity index (χ1n) is 5.82. The highest BCUT2D eigenvalue weighted by molar-refractivity contribution is 5.46. The number of halogens is 1. The van der Waals surface area contributed by atoms with Gasteiger partial charge in [0, 0.05) is 18.8 Å². The molecule has 1 aromatic rings. The van der Waals surface area contributed by atoms with Crippen molar-refractivity contribution in [2.24, 2.45) is 5.92 Å². The van der Waals surface area contributed by atoms with E-state index in [2.05, 4.69) is 24.1 Å². The van der Waals surface area contributed by atoms with E-state index in [-0.39, 0.29) is 5.82 Å². The minimum Gasteiger partial charge on any atom is -0.371 e. The molecular weight excluding hydrogens is 203 g/mol. The number of rotatable bonds is 6. The third kappa shape index (κ3) is 3.81. The topological polar surface area (TPSA) is 15.3 Å². The Kier molecular flexibility index (Phi) is 5.26. The van der Waals surface area contributed by atoms with Crippen molar-refractivity contribution < 1.29 is 4.39 Å². The van der Waals surface area contributed by atoms with Gasteiger partial charge in [0.15, 0.2) is 0 Å². The Bertz CT molecular complexity index is 315. The van der Waals surface area contributed by atoms with Crippen LogP contribution >= 0.6 is 0 Å². The maximum Gasteiger partial charge on any atom is 0.125 e. The summed E-state index contributed by atoms with van der Waals surface area (Å²) in [6, 6.07) is 6.79. The average molecular weight is 224 g/mol. The smallest absolute Gasteiger partial charge is 0.125 e. The van der Waals surface area contributed by atoms with Crippen molar-refractivity contribution in [3.8, 4) is 0 Å². The molecular formula is C13H21FN2. The highest BCUT2D eigenvalue weighted by Crippen LogP contribution is 2.16. The van der Waals surface area contributed by atoms with Crippen molar-refractivity contribution in [1.29, 1.82) is 0 Å². The lowest BCUT2D eigenvalue weighted by molar-refractivity contribution is 0.532. The first-order chi connectivity index (χ1) is 7.67. The summed E-state index contributed by atoms with van der Waals surface area (Å²) in [6.07, 6.45) is 0. The van der Waals surface area contributed by atoms with Crippen LogP contribution in [0.25, 0.3) is 0 Å². The van der Waals surface area contributed by atoms with Crippen LogP contribution < -0.4 is 10.2 Å². The molecule has 0 aromatic heterocycles. The quantitative estimate of drug-likeness (QED) is 0.798. The molecule has 3 heteroatoms. The van der Waals surface area contributed by atoms with Crippen molar-refractivity contribution in [3.63, 3.8) is 0 Å². The van der Waals surface area contributed by atoms with E-state index in [0.29, 0.717) is 5.92 Å². The van der Waals surface area contributed by atoms with E-state index in [1.807, 2.05) is 13.1 Å². The Morgan fingerprint density at radius 1 is 1.44 bits per heavy atom. The van der Waals surface area contributed by atoms with Gasteiger partial charge in [0.05, 0.1) is 0 Å². The second kappa shape index (κ2) is 6.48. The predicted octanol–water partition coefficient (Wildman–Crippen LogP) is 2.51. The van der Waals surface area contributed by atoms with Crippen molar-refractivity contribution in [2.75, 3.05) is 31.6 Å². The van der Waals surface area contributed by atoms with Crippen LogP contribution in [0.2, 0.25) is 0 Å². The number of hydrogen-bond acceptors (Lipinski definition) is 2. The van der Waals surface area contributed by atoms with Gasteiger partial charge in [-0.2, -0.15) is 0 Å². The Balaban J connectivity index is 2.67. The van der Waals surface area contributed by atoms with Crippen LogP contribution in [0.5, 0.6) is 0 Å². The van der Waals surface area contributed by atoms with Gasteiger partial charge in [-0.05, 0) is 44.6 Å². The molecule has 0 fully saturated rings. The van der Waals surface area contributed by atoms with Crippen LogP contribution in [0, 0.1) is 11.7 Å². The van der Waals surface area contributed by atoms with Gasteiger partial charge in [-0.15, -0.1) is 0 Å². The lowest BCUT2D eigenvalue weighted by atomic mass is 10.1. The lowest BCUT2D eigenvalue weighted by Gasteiger charge is -2.26. The molecule has 1 unspecified atom stereocenters. The first kappa shape index (κ1) is 13.0. The Labute approximate surface area is 97.5 Å². The molecule has 0 heterocycles. The summed E-state index contributed by atoms with van der Waals surface area (Å²) in [5.41, 5.74) is 0.963. The minimum absolute atomic E-state index is 0.169. The van der Waals surface area contributed by atoms with Gasteiger partial charge in [-0.25, -0.2) is 4.39 Å². The molecule has 1 N–H and O–H groups in total. The van der Waals surface area contributed by atoms with Crippen molar-refractivity contribution in [1.82, 2.24) is 5.32 Å². The second-order valence-electron chi connectivity index (χ2n) is 4.18. The van der Waals surface area contributed by atoms with Gasteiger partial charge in [0.1, 0.15) is 5.82 Å². The van der Waals surface area contributed by atoms with Crippen LogP contribution in [0.15, 0.2) is 24.3 Å². The molecule has 1 rings (SSSR count). The highest BCUT2D eigenvalue weighted by Gasteiger charge is 2.09. The molecule has 16 heavy (non-hydrogen) atoms. The average Bonchev–Trinajstić information content (AvgIpc) is 2.26. The van der Waals surface area contributed by atoms with E-state index in [4.69, 9.17) is 0 Å². The molecule has 0 aliphatic carbocycles. The van der Waals surface area contributed by atoms with Crippen molar-refractivity contribution >= 4 is 5.69 Å². The summed E-state index contributed by atoms with van der Waals surface area (Å²) in [7, 11) is 1.95. The zero-order chi connectivity index (χ0) is 12.0. The van der Waals surface area contributed by atoms with Gasteiger partial charge >= 0.3 is 0 Å². The largest absolute Gasteiger partial charge is 0.371 e. The molecule has 0 saturated heterocycles. The molecule has 0 bridgehead atoms. The molecule has 0 saturated carbocycles. The molecule has 0 radical (unpaired) electrons. The molecule has 1 atom stereocenters. The summed E-state index contributed by atoms with van der Waals surface area (Å²) in [5.74, 6) is 0.380. The van der Waals surface area contributed by atoms with Gasteiger partial charge in [-0.1, -0.05) is 13.0 Å². The van der Waals surface area contributed by atoms with Crippen molar-refractivity contribution in [2.45, 2.75) is 13.8 Å². The molecule has 2 nitrogen and oxygen atoms in total. The van der Waals surface area contributed by atoms with Crippen molar-refractivity contribution in [3.05, 3.63) is 30.1 Å². The Morgan fingerprint density at radius 2 is 2.19 bits per heavy atom. The summed E-state index contributed by atoms with van der Waals surface area (Å²) in [6.45, 7) is 7.11. The van der Waals surface area contributed by atoms with Gasteiger partial charge in [0.2, 0.25) is 0 Å². The fourth-order valence-electron chi connectivity index (χ4n) is 1.88. The zero-order valence-electron chi connectivity index (χ0n) is 10.3. The normalized spacial score (nSPS) is 12.5. The Morgan fingerprint density at radius 3 is 2.75 bits per heavy atom. The molecule has 1 aromatic carbocycles. The molecule has 0 aliphatic heterocycles. The number of nitrogens with one attached hydrogen (secondary N) is 1. The van der Waals surface area contributed by atoms with E-state index >= 15 is 0 Å². The van der Waals surface area contributed by atoms with Gasteiger partial charge in [-0.3, -0.25) is 0 Å². The second-order valence-corrected chi connectivity index (χ2v) is 4.18. The molecule has 0 amide bonds. The predicted molar refractivity (Wildman–Crippen MR) is 67.4 cm³/mol. The number of benzene rings is 1. The number of anilines is 1. The van der Waals surface area contributed by atoms with Crippen LogP contribution in [0.3, 0.4) is 0 Å². The lowest BCUT2D eigenvalue weighted by Crippen LogP contribution is -2.32. The van der Waals surface area contributed by atoms with Crippen LogP contribution in [0.4, 0.5) is 10.1 Å². The van der Waals surface area contributed by atoms with E-state index in [1.54, 1.807) is 12.1 Å². The standard InChI is InChI=1S/C13H21FN2/c1-4-16(10-11(2)9-15-3)13-7-5-6-12(14)8-13/h5-8,11,15H,4,9-10H2,1-3H3. The van der Waals surface area contributed by atoms with Crippen LogP contribution in [-0.2, 0) is 0 Å². The third-order valence-corrected chi connectivity index (χ3v) is 2.64. The molecule has 0 aliphatic rings. The number of hydrogen-bond donors (Lipinski definition) is 1. The highest BCUT2D eigenvalue weighted by atomic mass is 19.1. The summed E-state index contributed by atoms with van der Waals surface area (Å²) in [5, 5.41) is 3.16. The maximum absolute atomic E-state index is 13.1. The molecule has 0 spiro atoms. The zero-order valence-corrected chi connectivity index (χ0v) is 10.3. The van der Waals surface area contributed by atoms with Crippen LogP contribution in [0.1, 0.15) is 13.8 Å². The monoisotopic (exact) mass is 224 g/mol. The maximum atomic E-state index is 13.1. The van der Waals surface area contributed by atoms with Gasteiger partial charge in [0.25, 0.3) is 0 Å². The SMILES string of the molecule is CCN(CC(C)CNC)c1cccc(F)c1. The van der Waals surface area contributed by atoms with Gasteiger partial charge < -0.3 is 10.2 Å². The molecule has 90 valence electrons. The van der Waals surface area contributed by atoms with E-state index in [9.17, 15) is 4.39 Å². The fraction of sp³-hybridized carbons (Fsp3) is 0.538. The summed E-state index contributed by atoms with van der Waals surface area (Å²) < 4.78 is 13.1. The third-order valence-electron chi connectivity index (χ3n) is 2.64. The summed E-state index contributed by atoms with van der Waals surface area (Å²) in [4.78, 5) is 2.20. The first-order valence-corrected chi connectivity index (χ1v) is 5.82.